The predicted octanol–water partition coefficient (Wildman–Crippen LogP) is 2.10. The van der Waals surface area contributed by atoms with Gasteiger partial charge in [-0.15, -0.1) is 0 Å². The van der Waals surface area contributed by atoms with Crippen molar-refractivity contribution in [2.24, 2.45) is 5.92 Å². The molecule has 0 fully saturated rings. The van der Waals surface area contributed by atoms with Gasteiger partial charge in [0.15, 0.2) is 9.84 Å². The average molecular weight is 341 g/mol. The van der Waals surface area contributed by atoms with Crippen LogP contribution in [0.5, 0.6) is 0 Å². The van der Waals surface area contributed by atoms with E-state index in [-0.39, 0.29) is 16.4 Å². The van der Waals surface area contributed by atoms with Gasteiger partial charge in [0, 0.05) is 5.56 Å². The second-order valence-corrected chi connectivity index (χ2v) is 8.62. The van der Waals surface area contributed by atoms with Crippen molar-refractivity contribution in [3.8, 4) is 0 Å². The van der Waals surface area contributed by atoms with Gasteiger partial charge in [0.05, 0.1) is 10.1 Å². The number of carbonyl (C=O) groups is 2. The number of carboxylic acid groups (broad SMARTS) is 1. The fraction of sp³-hybridized carbons (Fsp3) is 0.500. The molecular formula is C16H23NO5S. The number of nitrogens with one attached hydrogen (secondary N) is 1. The zero-order valence-corrected chi connectivity index (χ0v) is 14.6. The highest BCUT2D eigenvalue weighted by Gasteiger charge is 2.23. The third-order valence-electron chi connectivity index (χ3n) is 3.38. The van der Waals surface area contributed by atoms with Crippen LogP contribution in [-0.2, 0) is 14.6 Å². The van der Waals surface area contributed by atoms with Gasteiger partial charge in [-0.05, 0) is 50.5 Å². The zero-order chi connectivity index (χ0) is 17.8. The number of benzene rings is 1. The molecule has 1 amide bonds. The van der Waals surface area contributed by atoms with Gasteiger partial charge in [-0.3, -0.25) is 4.79 Å². The van der Waals surface area contributed by atoms with Gasteiger partial charge in [0.25, 0.3) is 5.91 Å². The van der Waals surface area contributed by atoms with Crippen LogP contribution in [0.4, 0.5) is 0 Å². The maximum atomic E-state index is 12.1. The van der Waals surface area contributed by atoms with Gasteiger partial charge < -0.3 is 10.4 Å². The van der Waals surface area contributed by atoms with Crippen LogP contribution in [0.3, 0.4) is 0 Å². The van der Waals surface area contributed by atoms with Crippen molar-refractivity contribution in [1.82, 2.24) is 5.32 Å². The van der Waals surface area contributed by atoms with E-state index in [1.54, 1.807) is 13.8 Å². The van der Waals surface area contributed by atoms with Crippen LogP contribution in [0.1, 0.15) is 44.5 Å². The lowest BCUT2D eigenvalue weighted by molar-refractivity contribution is -0.139. The molecule has 0 saturated heterocycles. The van der Waals surface area contributed by atoms with Crippen LogP contribution in [0.2, 0.25) is 0 Å². The quantitative estimate of drug-likeness (QED) is 0.791. The van der Waals surface area contributed by atoms with Crippen molar-refractivity contribution < 1.29 is 23.1 Å². The van der Waals surface area contributed by atoms with E-state index < -0.39 is 33.0 Å². The molecule has 0 aliphatic rings. The Morgan fingerprint density at radius 2 is 1.61 bits per heavy atom. The number of hydrogen-bond donors (Lipinski definition) is 2. The fourth-order valence-corrected chi connectivity index (χ4v) is 3.06. The summed E-state index contributed by atoms with van der Waals surface area (Å²) in [5, 5.41) is 11.0. The highest BCUT2D eigenvalue weighted by atomic mass is 32.2. The number of carboxylic acids is 1. The van der Waals surface area contributed by atoms with E-state index in [4.69, 9.17) is 5.11 Å². The molecule has 23 heavy (non-hydrogen) atoms. The van der Waals surface area contributed by atoms with E-state index in [0.717, 1.165) is 0 Å². The van der Waals surface area contributed by atoms with E-state index >= 15 is 0 Å². The zero-order valence-electron chi connectivity index (χ0n) is 13.7. The molecule has 0 bridgehead atoms. The minimum Gasteiger partial charge on any atom is -0.480 e. The number of aliphatic carboxylic acids is 1. The fourth-order valence-electron chi connectivity index (χ4n) is 2.00. The molecule has 128 valence electrons. The van der Waals surface area contributed by atoms with Crippen LogP contribution in [-0.4, -0.2) is 36.7 Å². The van der Waals surface area contributed by atoms with E-state index in [0.29, 0.717) is 6.42 Å². The minimum atomic E-state index is -3.40. The average Bonchev–Trinajstić information content (AvgIpc) is 2.45. The molecule has 0 heterocycles. The lowest BCUT2D eigenvalue weighted by Crippen LogP contribution is -2.41. The Balaban J connectivity index is 2.91. The van der Waals surface area contributed by atoms with Crippen LogP contribution in [0.25, 0.3) is 0 Å². The standard InChI is InChI=1S/C16H23NO5S/c1-10(2)9-14(16(19)20)17-15(18)12-5-7-13(8-6-12)23(21,22)11(3)4/h5-8,10-11,14H,9H2,1-4H3,(H,17,18)(H,19,20)/t14-/m0/s1. The number of amides is 1. The molecule has 1 aromatic rings. The molecule has 0 spiro atoms. The van der Waals surface area contributed by atoms with Crippen molar-refractivity contribution in [3.63, 3.8) is 0 Å². The van der Waals surface area contributed by atoms with Crippen LogP contribution >= 0.6 is 0 Å². The Hall–Kier alpha value is -1.89. The topological polar surface area (TPSA) is 101 Å². The first-order valence-electron chi connectivity index (χ1n) is 7.43. The van der Waals surface area contributed by atoms with E-state index in [1.165, 1.54) is 24.3 Å². The lowest BCUT2D eigenvalue weighted by atomic mass is 10.0. The van der Waals surface area contributed by atoms with Gasteiger partial charge in [-0.25, -0.2) is 13.2 Å². The summed E-state index contributed by atoms with van der Waals surface area (Å²) in [4.78, 5) is 23.4. The molecule has 0 aliphatic heterocycles. The molecule has 1 atom stereocenters. The first kappa shape index (κ1) is 19.2. The molecule has 2 N–H and O–H groups in total. The van der Waals surface area contributed by atoms with E-state index in [2.05, 4.69) is 5.32 Å². The third kappa shape index (κ3) is 5.06. The molecule has 0 radical (unpaired) electrons. The van der Waals surface area contributed by atoms with Crippen LogP contribution in [0.15, 0.2) is 29.2 Å². The molecular weight excluding hydrogens is 318 g/mol. The van der Waals surface area contributed by atoms with Crippen molar-refractivity contribution in [2.45, 2.75) is 50.3 Å². The second kappa shape index (κ2) is 7.59. The number of hydrogen-bond acceptors (Lipinski definition) is 4. The number of sulfone groups is 1. The van der Waals surface area contributed by atoms with Gasteiger partial charge in [0.1, 0.15) is 6.04 Å². The molecule has 0 aliphatic carbocycles. The van der Waals surface area contributed by atoms with Gasteiger partial charge in [0.2, 0.25) is 0 Å². The Morgan fingerprint density at radius 3 is 2.00 bits per heavy atom. The summed E-state index contributed by atoms with van der Waals surface area (Å²) in [5.74, 6) is -1.51. The lowest BCUT2D eigenvalue weighted by Gasteiger charge is -2.16. The molecule has 0 saturated carbocycles. The molecule has 1 aromatic carbocycles. The maximum absolute atomic E-state index is 12.1. The normalized spacial score (nSPS) is 13.1. The summed E-state index contributed by atoms with van der Waals surface area (Å²) in [6, 6.07) is 4.53. The Kier molecular flexibility index (Phi) is 6.32. The SMILES string of the molecule is CC(C)C[C@H](NC(=O)c1ccc(S(=O)(=O)C(C)C)cc1)C(=O)O. The Labute approximate surface area is 136 Å². The van der Waals surface area contributed by atoms with Crippen LogP contribution in [0, 0.1) is 5.92 Å². The summed E-state index contributed by atoms with van der Waals surface area (Å²) in [5.41, 5.74) is 0.225. The number of rotatable bonds is 7. The summed E-state index contributed by atoms with van der Waals surface area (Å²) >= 11 is 0. The van der Waals surface area contributed by atoms with Crippen molar-refractivity contribution in [3.05, 3.63) is 29.8 Å². The van der Waals surface area contributed by atoms with Gasteiger partial charge in [-0.2, -0.15) is 0 Å². The summed E-state index contributed by atoms with van der Waals surface area (Å²) in [6.07, 6.45) is 0.320. The molecule has 0 unspecified atom stereocenters. The van der Waals surface area contributed by atoms with Gasteiger partial charge in [-0.1, -0.05) is 13.8 Å². The van der Waals surface area contributed by atoms with E-state index in [1.807, 2.05) is 13.8 Å². The smallest absolute Gasteiger partial charge is 0.326 e. The third-order valence-corrected chi connectivity index (χ3v) is 5.55. The highest BCUT2D eigenvalue weighted by Crippen LogP contribution is 2.16. The second-order valence-electron chi connectivity index (χ2n) is 6.11. The molecule has 1 rings (SSSR count). The van der Waals surface area contributed by atoms with Crippen molar-refractivity contribution >= 4 is 21.7 Å². The predicted molar refractivity (Wildman–Crippen MR) is 87.1 cm³/mol. The van der Waals surface area contributed by atoms with Gasteiger partial charge >= 0.3 is 5.97 Å². The first-order valence-corrected chi connectivity index (χ1v) is 8.98. The maximum Gasteiger partial charge on any atom is 0.326 e. The summed E-state index contributed by atoms with van der Waals surface area (Å²) in [7, 11) is -3.40. The molecule has 7 heteroatoms. The molecule has 0 aromatic heterocycles. The Bertz CT molecular complexity index is 662. The monoisotopic (exact) mass is 341 g/mol. The minimum absolute atomic E-state index is 0.120. The Morgan fingerprint density at radius 1 is 1.09 bits per heavy atom. The van der Waals surface area contributed by atoms with E-state index in [9.17, 15) is 18.0 Å². The molecule has 6 nitrogen and oxygen atoms in total. The van der Waals surface area contributed by atoms with Crippen molar-refractivity contribution in [1.29, 1.82) is 0 Å². The summed E-state index contributed by atoms with van der Waals surface area (Å²) in [6.45, 7) is 6.90. The first-order chi connectivity index (χ1) is 10.6. The highest BCUT2D eigenvalue weighted by molar-refractivity contribution is 7.92. The van der Waals surface area contributed by atoms with Crippen molar-refractivity contribution in [2.75, 3.05) is 0 Å². The largest absolute Gasteiger partial charge is 0.480 e. The summed E-state index contributed by atoms with van der Waals surface area (Å²) < 4.78 is 24.0. The number of carbonyl (C=O) groups excluding carboxylic acids is 1. The van der Waals surface area contributed by atoms with Crippen LogP contribution < -0.4 is 5.32 Å².